The maximum atomic E-state index is 13.6. The molecule has 1 aromatic carbocycles. The van der Waals surface area contributed by atoms with E-state index < -0.39 is 17.7 Å². The molecule has 0 bridgehead atoms. The first-order valence-corrected chi connectivity index (χ1v) is 6.99. The highest BCUT2D eigenvalue weighted by molar-refractivity contribution is 5.22. The van der Waals surface area contributed by atoms with Gasteiger partial charge in [-0.25, -0.2) is 8.78 Å². The smallest absolute Gasteiger partial charge is 0.163 e. The van der Waals surface area contributed by atoms with Crippen LogP contribution in [0, 0.1) is 11.6 Å². The van der Waals surface area contributed by atoms with Crippen molar-refractivity contribution in [3.05, 3.63) is 35.4 Å². The SMILES string of the molecule is NC(COC1CCCCCC1)c1cccc(F)c1F. The van der Waals surface area contributed by atoms with E-state index in [1.807, 2.05) is 0 Å². The van der Waals surface area contributed by atoms with Crippen molar-refractivity contribution in [2.45, 2.75) is 50.7 Å². The molecule has 106 valence electrons. The van der Waals surface area contributed by atoms with Crippen molar-refractivity contribution < 1.29 is 13.5 Å². The van der Waals surface area contributed by atoms with Crippen molar-refractivity contribution in [2.75, 3.05) is 6.61 Å². The normalized spacial score (nSPS) is 19.1. The molecular weight excluding hydrogens is 248 g/mol. The summed E-state index contributed by atoms with van der Waals surface area (Å²) in [6.45, 7) is 0.241. The number of hydrogen-bond acceptors (Lipinski definition) is 2. The summed E-state index contributed by atoms with van der Waals surface area (Å²) in [5.74, 6) is -1.72. The molecule has 1 aromatic rings. The van der Waals surface area contributed by atoms with E-state index in [0.717, 1.165) is 18.9 Å². The Morgan fingerprint density at radius 1 is 1.16 bits per heavy atom. The highest BCUT2D eigenvalue weighted by atomic mass is 19.2. The maximum absolute atomic E-state index is 13.6. The van der Waals surface area contributed by atoms with Gasteiger partial charge in [-0.1, -0.05) is 37.8 Å². The van der Waals surface area contributed by atoms with Crippen molar-refractivity contribution in [2.24, 2.45) is 5.73 Å². The van der Waals surface area contributed by atoms with Crippen LogP contribution in [0.4, 0.5) is 8.78 Å². The molecule has 0 radical (unpaired) electrons. The molecule has 0 spiro atoms. The Hall–Kier alpha value is -1.00. The summed E-state index contributed by atoms with van der Waals surface area (Å²) in [6.07, 6.45) is 7.15. The zero-order chi connectivity index (χ0) is 13.7. The van der Waals surface area contributed by atoms with E-state index >= 15 is 0 Å². The van der Waals surface area contributed by atoms with Crippen molar-refractivity contribution >= 4 is 0 Å². The summed E-state index contributed by atoms with van der Waals surface area (Å²) in [6, 6.07) is 3.47. The largest absolute Gasteiger partial charge is 0.376 e. The molecule has 1 fully saturated rings. The average molecular weight is 269 g/mol. The summed E-state index contributed by atoms with van der Waals surface area (Å²) in [5.41, 5.74) is 6.08. The van der Waals surface area contributed by atoms with Gasteiger partial charge in [0.15, 0.2) is 11.6 Å². The van der Waals surface area contributed by atoms with Crippen molar-refractivity contribution in [3.63, 3.8) is 0 Å². The number of rotatable bonds is 4. The predicted octanol–water partition coefficient (Wildman–Crippen LogP) is 3.70. The van der Waals surface area contributed by atoms with Crippen LogP contribution < -0.4 is 5.73 Å². The average Bonchev–Trinajstić information content (AvgIpc) is 2.68. The number of ether oxygens (including phenoxy) is 1. The summed E-state index contributed by atoms with van der Waals surface area (Å²) in [5, 5.41) is 0. The van der Waals surface area contributed by atoms with Gasteiger partial charge >= 0.3 is 0 Å². The summed E-state index contributed by atoms with van der Waals surface area (Å²) < 4.78 is 32.4. The lowest BCUT2D eigenvalue weighted by molar-refractivity contribution is 0.0340. The topological polar surface area (TPSA) is 35.2 Å². The van der Waals surface area contributed by atoms with Crippen LogP contribution in [0.15, 0.2) is 18.2 Å². The second-order valence-corrected chi connectivity index (χ2v) is 5.20. The van der Waals surface area contributed by atoms with Gasteiger partial charge in [-0.05, 0) is 18.9 Å². The van der Waals surface area contributed by atoms with E-state index in [0.29, 0.717) is 0 Å². The number of benzene rings is 1. The molecule has 0 aliphatic heterocycles. The van der Waals surface area contributed by atoms with Gasteiger partial charge in [-0.15, -0.1) is 0 Å². The van der Waals surface area contributed by atoms with Gasteiger partial charge in [-0.3, -0.25) is 0 Å². The molecule has 4 heteroatoms. The first-order chi connectivity index (χ1) is 9.18. The summed E-state index contributed by atoms with van der Waals surface area (Å²) >= 11 is 0. The monoisotopic (exact) mass is 269 g/mol. The molecular formula is C15H21F2NO. The van der Waals surface area contributed by atoms with E-state index in [9.17, 15) is 8.78 Å². The minimum atomic E-state index is -0.862. The fourth-order valence-corrected chi connectivity index (χ4v) is 2.54. The zero-order valence-corrected chi connectivity index (χ0v) is 11.1. The molecule has 0 heterocycles. The number of nitrogens with two attached hydrogens (primary N) is 1. The standard InChI is InChI=1S/C15H21F2NO/c16-13-9-5-8-12(15(13)17)14(18)10-19-11-6-3-1-2-4-7-11/h5,8-9,11,14H,1-4,6-7,10,18H2. The van der Waals surface area contributed by atoms with Gasteiger partial charge in [0.1, 0.15) is 0 Å². The molecule has 2 nitrogen and oxygen atoms in total. The highest BCUT2D eigenvalue weighted by Gasteiger charge is 2.18. The molecule has 1 saturated carbocycles. The van der Waals surface area contributed by atoms with E-state index in [1.165, 1.54) is 37.8 Å². The van der Waals surface area contributed by atoms with Crippen LogP contribution in [-0.2, 0) is 4.74 Å². The molecule has 19 heavy (non-hydrogen) atoms. The fourth-order valence-electron chi connectivity index (χ4n) is 2.54. The lowest BCUT2D eigenvalue weighted by Crippen LogP contribution is -2.23. The molecule has 1 unspecified atom stereocenters. The second kappa shape index (κ2) is 6.96. The molecule has 1 aliphatic rings. The van der Waals surface area contributed by atoms with Crippen molar-refractivity contribution in [1.29, 1.82) is 0 Å². The minimum absolute atomic E-state index is 0.189. The lowest BCUT2D eigenvalue weighted by Gasteiger charge is -2.19. The number of hydrogen-bond donors (Lipinski definition) is 1. The molecule has 1 atom stereocenters. The van der Waals surface area contributed by atoms with Crippen molar-refractivity contribution in [1.82, 2.24) is 0 Å². The Labute approximate surface area is 112 Å². The van der Waals surface area contributed by atoms with Crippen molar-refractivity contribution in [3.8, 4) is 0 Å². The van der Waals surface area contributed by atoms with Crippen LogP contribution >= 0.6 is 0 Å². The quantitative estimate of drug-likeness (QED) is 0.846. The molecule has 2 rings (SSSR count). The van der Waals surface area contributed by atoms with E-state index in [1.54, 1.807) is 0 Å². The number of halogens is 2. The highest BCUT2D eigenvalue weighted by Crippen LogP contribution is 2.22. The van der Waals surface area contributed by atoms with Gasteiger partial charge in [-0.2, -0.15) is 0 Å². The summed E-state index contributed by atoms with van der Waals surface area (Å²) in [7, 11) is 0. The minimum Gasteiger partial charge on any atom is -0.376 e. The molecule has 1 aliphatic carbocycles. The molecule has 0 amide bonds. The molecule has 2 N–H and O–H groups in total. The third-order valence-corrected chi connectivity index (χ3v) is 3.69. The van der Waals surface area contributed by atoms with E-state index in [2.05, 4.69) is 0 Å². The Balaban J connectivity index is 1.89. The third-order valence-electron chi connectivity index (χ3n) is 3.69. The molecule has 0 saturated heterocycles. The first-order valence-electron chi connectivity index (χ1n) is 6.99. The van der Waals surface area contributed by atoms with E-state index in [-0.39, 0.29) is 18.3 Å². The van der Waals surface area contributed by atoms with Crippen LogP contribution in [0.25, 0.3) is 0 Å². The Kier molecular flexibility index (Phi) is 5.28. The van der Waals surface area contributed by atoms with Crippen LogP contribution in [0.2, 0.25) is 0 Å². The Bertz CT molecular complexity index is 403. The van der Waals surface area contributed by atoms with Gasteiger partial charge in [0.2, 0.25) is 0 Å². The second-order valence-electron chi connectivity index (χ2n) is 5.20. The zero-order valence-electron chi connectivity index (χ0n) is 11.1. The van der Waals surface area contributed by atoms with Gasteiger partial charge in [0, 0.05) is 5.56 Å². The third kappa shape index (κ3) is 3.98. The van der Waals surface area contributed by atoms with Crippen LogP contribution in [0.1, 0.15) is 50.1 Å². The first kappa shape index (κ1) is 14.4. The summed E-state index contributed by atoms with van der Waals surface area (Å²) in [4.78, 5) is 0. The molecule has 0 aromatic heterocycles. The fraction of sp³-hybridized carbons (Fsp3) is 0.600. The van der Waals surface area contributed by atoms with Gasteiger partial charge in [0.05, 0.1) is 18.8 Å². The predicted molar refractivity (Wildman–Crippen MR) is 70.7 cm³/mol. The van der Waals surface area contributed by atoms with Crippen LogP contribution in [-0.4, -0.2) is 12.7 Å². The Morgan fingerprint density at radius 2 is 1.84 bits per heavy atom. The van der Waals surface area contributed by atoms with Crippen LogP contribution in [0.5, 0.6) is 0 Å². The van der Waals surface area contributed by atoms with Gasteiger partial charge < -0.3 is 10.5 Å². The van der Waals surface area contributed by atoms with Crippen LogP contribution in [0.3, 0.4) is 0 Å². The maximum Gasteiger partial charge on any atom is 0.163 e. The lowest BCUT2D eigenvalue weighted by atomic mass is 10.1. The van der Waals surface area contributed by atoms with Gasteiger partial charge in [0.25, 0.3) is 0 Å². The Morgan fingerprint density at radius 3 is 2.53 bits per heavy atom. The van der Waals surface area contributed by atoms with E-state index in [4.69, 9.17) is 10.5 Å².